The first-order valence-electron chi connectivity index (χ1n) is 6.68. The molecule has 112 valence electrons. The van der Waals surface area contributed by atoms with E-state index in [0.717, 1.165) is 9.86 Å². The van der Waals surface area contributed by atoms with Gasteiger partial charge in [-0.25, -0.2) is 0 Å². The van der Waals surface area contributed by atoms with E-state index in [1.807, 2.05) is 26.0 Å². The van der Waals surface area contributed by atoms with E-state index in [-0.39, 0.29) is 10.6 Å². The summed E-state index contributed by atoms with van der Waals surface area (Å²) < 4.78 is 12.0. The summed E-state index contributed by atoms with van der Waals surface area (Å²) in [6.07, 6.45) is -0.614. The maximum absolute atomic E-state index is 11.3. The fourth-order valence-corrected chi connectivity index (χ4v) is 2.72. The summed E-state index contributed by atoms with van der Waals surface area (Å²) in [6.45, 7) is 4.65. The molecule has 0 spiro atoms. The lowest BCUT2D eigenvalue weighted by atomic mass is 10.0. The van der Waals surface area contributed by atoms with Gasteiger partial charge in [0.25, 0.3) is 5.69 Å². The summed E-state index contributed by atoms with van der Waals surface area (Å²) in [5.41, 5.74) is 0.720. The highest BCUT2D eigenvalue weighted by Gasteiger charge is 2.22. The highest BCUT2D eigenvalue weighted by atomic mass is 79.9. The van der Waals surface area contributed by atoms with E-state index in [1.165, 1.54) is 6.07 Å². The molecule has 0 bridgehead atoms. The third kappa shape index (κ3) is 3.23. The first kappa shape index (κ1) is 15.9. The molecule has 6 heteroatoms. The van der Waals surface area contributed by atoms with Gasteiger partial charge in [0.1, 0.15) is 0 Å². The largest absolute Gasteiger partial charge is 0.349 e. The van der Waals surface area contributed by atoms with E-state index >= 15 is 0 Å². The molecule has 2 aromatic rings. The van der Waals surface area contributed by atoms with Crippen LogP contribution in [0.2, 0.25) is 0 Å². The van der Waals surface area contributed by atoms with Crippen LogP contribution in [0, 0.1) is 10.1 Å². The van der Waals surface area contributed by atoms with Gasteiger partial charge < -0.3 is 9.47 Å². The number of hydrogen-bond acceptors (Lipinski definition) is 4. The Kier molecular flexibility index (Phi) is 5.27. The van der Waals surface area contributed by atoms with Crippen LogP contribution in [0.1, 0.15) is 25.7 Å². The summed E-state index contributed by atoms with van der Waals surface area (Å²) in [5.74, 6) is 0. The van der Waals surface area contributed by atoms with Crippen LogP contribution >= 0.6 is 15.9 Å². The van der Waals surface area contributed by atoms with Crippen molar-refractivity contribution in [3.8, 4) is 0 Å². The van der Waals surface area contributed by atoms with Crippen molar-refractivity contribution in [2.45, 2.75) is 20.1 Å². The number of ether oxygens (including phenoxy) is 2. The van der Waals surface area contributed by atoms with Crippen LogP contribution in [0.3, 0.4) is 0 Å². The second-order valence-corrected chi connectivity index (χ2v) is 5.19. The van der Waals surface area contributed by atoms with Crippen molar-refractivity contribution >= 4 is 32.4 Å². The van der Waals surface area contributed by atoms with Gasteiger partial charge in [-0.3, -0.25) is 10.1 Å². The highest BCUT2D eigenvalue weighted by Crippen LogP contribution is 2.37. The van der Waals surface area contributed by atoms with Gasteiger partial charge in [0.2, 0.25) is 0 Å². The monoisotopic (exact) mass is 353 g/mol. The summed E-state index contributed by atoms with van der Waals surface area (Å²) in [5, 5.41) is 12.6. The van der Waals surface area contributed by atoms with Gasteiger partial charge in [0, 0.05) is 34.7 Å². The molecule has 0 aliphatic rings. The number of rotatable bonds is 6. The molecule has 0 atom stereocenters. The van der Waals surface area contributed by atoms with Gasteiger partial charge in [0.15, 0.2) is 6.29 Å². The Labute approximate surface area is 131 Å². The highest BCUT2D eigenvalue weighted by molar-refractivity contribution is 9.10. The SMILES string of the molecule is CCOC(OCC)c1cccc2c(Br)ccc([N+](=O)[O-])c12. The smallest absolute Gasteiger partial charge is 0.277 e. The minimum absolute atomic E-state index is 0.0493. The van der Waals surface area contributed by atoms with Crippen molar-refractivity contribution in [1.82, 2.24) is 0 Å². The molecule has 0 saturated heterocycles. The standard InChI is InChI=1S/C15H16BrNO4/c1-3-20-15(21-4-2)11-7-5-6-10-12(16)8-9-13(14(10)11)17(18)19/h5-9,15H,3-4H2,1-2H3. The molecule has 2 aromatic carbocycles. The number of halogens is 1. The van der Waals surface area contributed by atoms with E-state index in [4.69, 9.17) is 9.47 Å². The molecule has 0 heterocycles. The van der Waals surface area contributed by atoms with Crippen LogP contribution in [0.15, 0.2) is 34.8 Å². The van der Waals surface area contributed by atoms with Gasteiger partial charge >= 0.3 is 0 Å². The average molecular weight is 354 g/mol. The van der Waals surface area contributed by atoms with Crippen LogP contribution in [0.4, 0.5) is 5.69 Å². The van der Waals surface area contributed by atoms with Crippen molar-refractivity contribution < 1.29 is 14.4 Å². The van der Waals surface area contributed by atoms with E-state index in [9.17, 15) is 10.1 Å². The Morgan fingerprint density at radius 3 is 2.43 bits per heavy atom. The Hall–Kier alpha value is -1.50. The minimum Gasteiger partial charge on any atom is -0.349 e. The zero-order valence-corrected chi connectivity index (χ0v) is 13.4. The lowest BCUT2D eigenvalue weighted by Gasteiger charge is -2.19. The van der Waals surface area contributed by atoms with Gasteiger partial charge in [-0.05, 0) is 19.9 Å². The minimum atomic E-state index is -0.614. The van der Waals surface area contributed by atoms with E-state index in [0.29, 0.717) is 24.2 Å². The normalized spacial score (nSPS) is 11.2. The number of nitrogens with zero attached hydrogens (tertiary/aromatic N) is 1. The molecule has 0 aliphatic carbocycles. The predicted octanol–water partition coefficient (Wildman–Crippen LogP) is 4.58. The quantitative estimate of drug-likeness (QED) is 0.433. The van der Waals surface area contributed by atoms with Crippen LogP contribution in [-0.2, 0) is 9.47 Å². The first-order chi connectivity index (χ1) is 10.1. The van der Waals surface area contributed by atoms with E-state index in [2.05, 4.69) is 15.9 Å². The number of nitro benzene ring substituents is 1. The van der Waals surface area contributed by atoms with Crippen molar-refractivity contribution in [1.29, 1.82) is 0 Å². The fraction of sp³-hybridized carbons (Fsp3) is 0.333. The first-order valence-corrected chi connectivity index (χ1v) is 7.48. The molecule has 0 radical (unpaired) electrons. The number of benzene rings is 2. The van der Waals surface area contributed by atoms with Crippen LogP contribution in [0.25, 0.3) is 10.8 Å². The summed E-state index contributed by atoms with van der Waals surface area (Å²) in [7, 11) is 0. The topological polar surface area (TPSA) is 61.6 Å². The third-order valence-corrected chi connectivity index (χ3v) is 3.78. The van der Waals surface area contributed by atoms with Crippen molar-refractivity contribution in [3.63, 3.8) is 0 Å². The molecular formula is C15H16BrNO4. The lowest BCUT2D eigenvalue weighted by molar-refractivity contribution is -0.383. The fourth-order valence-electron chi connectivity index (χ4n) is 2.26. The third-order valence-electron chi connectivity index (χ3n) is 3.08. The lowest BCUT2D eigenvalue weighted by Crippen LogP contribution is -2.10. The molecule has 0 aliphatic heterocycles. The second kappa shape index (κ2) is 6.98. The molecule has 0 amide bonds. The van der Waals surface area contributed by atoms with Crippen LogP contribution in [0.5, 0.6) is 0 Å². The molecule has 0 aromatic heterocycles. The maximum Gasteiger partial charge on any atom is 0.277 e. The molecule has 0 unspecified atom stereocenters. The van der Waals surface area contributed by atoms with E-state index in [1.54, 1.807) is 12.1 Å². The molecule has 0 saturated carbocycles. The summed E-state index contributed by atoms with van der Waals surface area (Å²) in [6, 6.07) is 8.66. The van der Waals surface area contributed by atoms with Gasteiger partial charge in [-0.15, -0.1) is 0 Å². The van der Waals surface area contributed by atoms with Gasteiger partial charge in [0.05, 0.1) is 10.3 Å². The van der Waals surface area contributed by atoms with Crippen LogP contribution in [-0.4, -0.2) is 18.1 Å². The van der Waals surface area contributed by atoms with E-state index < -0.39 is 6.29 Å². The van der Waals surface area contributed by atoms with Crippen molar-refractivity contribution in [3.05, 3.63) is 50.5 Å². The van der Waals surface area contributed by atoms with Crippen molar-refractivity contribution in [2.75, 3.05) is 13.2 Å². The second-order valence-electron chi connectivity index (χ2n) is 4.34. The van der Waals surface area contributed by atoms with Gasteiger partial charge in [-0.1, -0.05) is 34.1 Å². The number of hydrogen-bond donors (Lipinski definition) is 0. The van der Waals surface area contributed by atoms with Gasteiger partial charge in [-0.2, -0.15) is 0 Å². The molecule has 0 fully saturated rings. The number of fused-ring (bicyclic) bond motifs is 1. The molecule has 21 heavy (non-hydrogen) atoms. The Bertz CT molecular complexity index is 653. The Morgan fingerprint density at radius 2 is 1.86 bits per heavy atom. The molecule has 5 nitrogen and oxygen atoms in total. The Morgan fingerprint density at radius 1 is 1.19 bits per heavy atom. The number of non-ortho nitro benzene ring substituents is 1. The number of nitro groups is 1. The summed E-state index contributed by atoms with van der Waals surface area (Å²) >= 11 is 3.44. The summed E-state index contributed by atoms with van der Waals surface area (Å²) in [4.78, 5) is 10.9. The maximum atomic E-state index is 11.3. The predicted molar refractivity (Wildman–Crippen MR) is 84.3 cm³/mol. The molecular weight excluding hydrogens is 338 g/mol. The zero-order valence-electron chi connectivity index (χ0n) is 11.8. The van der Waals surface area contributed by atoms with Crippen molar-refractivity contribution in [2.24, 2.45) is 0 Å². The van der Waals surface area contributed by atoms with Crippen LogP contribution < -0.4 is 0 Å². The zero-order chi connectivity index (χ0) is 15.4. The molecule has 0 N–H and O–H groups in total. The average Bonchev–Trinajstić information content (AvgIpc) is 2.47. The molecule has 2 rings (SSSR count). The Balaban J connectivity index is 2.73.